The highest BCUT2D eigenvalue weighted by Crippen LogP contribution is 2.11. The van der Waals surface area contributed by atoms with Gasteiger partial charge < -0.3 is 14.8 Å². The number of esters is 1. The molecule has 4 amide bonds. The lowest BCUT2D eigenvalue weighted by Crippen LogP contribution is -2.39. The average Bonchev–Trinajstić information content (AvgIpc) is 2.73. The van der Waals surface area contributed by atoms with Gasteiger partial charge in [0.05, 0.1) is 18.6 Å². The molecule has 0 bridgehead atoms. The van der Waals surface area contributed by atoms with Crippen LogP contribution in [0.25, 0.3) is 0 Å². The number of urea groups is 1. The number of benzene rings is 2. The highest BCUT2D eigenvalue weighted by Gasteiger charge is 2.11. The molecule has 0 fully saturated rings. The SMILES string of the molecule is CCOC(=O)Nc1ccc(C(=O)OCCC(=O)NC(=O)NCc2ccccc2)cc1. The second-order valence-electron chi connectivity index (χ2n) is 6.03. The van der Waals surface area contributed by atoms with Crippen LogP contribution in [0, 0.1) is 0 Å². The fourth-order valence-electron chi connectivity index (χ4n) is 2.31. The lowest BCUT2D eigenvalue weighted by atomic mass is 10.2. The van der Waals surface area contributed by atoms with E-state index in [1.807, 2.05) is 30.3 Å². The summed E-state index contributed by atoms with van der Waals surface area (Å²) in [6, 6.07) is 14.6. The summed E-state index contributed by atoms with van der Waals surface area (Å²) in [4.78, 5) is 46.8. The van der Waals surface area contributed by atoms with E-state index in [4.69, 9.17) is 9.47 Å². The van der Waals surface area contributed by atoms with E-state index >= 15 is 0 Å². The van der Waals surface area contributed by atoms with Crippen molar-refractivity contribution in [1.82, 2.24) is 10.6 Å². The minimum atomic E-state index is -0.626. The molecule has 0 saturated carbocycles. The number of hydrogen-bond donors (Lipinski definition) is 3. The predicted molar refractivity (Wildman–Crippen MR) is 109 cm³/mol. The van der Waals surface area contributed by atoms with E-state index in [9.17, 15) is 19.2 Å². The van der Waals surface area contributed by atoms with Crippen molar-refractivity contribution >= 4 is 29.7 Å². The monoisotopic (exact) mass is 413 g/mol. The Morgan fingerprint density at radius 3 is 2.27 bits per heavy atom. The molecule has 0 heterocycles. The molecule has 158 valence electrons. The minimum Gasteiger partial charge on any atom is -0.462 e. The molecular formula is C21H23N3O6. The summed E-state index contributed by atoms with van der Waals surface area (Å²) in [5, 5.41) is 7.23. The Hall–Kier alpha value is -3.88. The van der Waals surface area contributed by atoms with Gasteiger partial charge in [0, 0.05) is 12.2 Å². The summed E-state index contributed by atoms with van der Waals surface area (Å²) in [7, 11) is 0. The van der Waals surface area contributed by atoms with Crippen LogP contribution in [-0.4, -0.2) is 37.2 Å². The summed E-state index contributed by atoms with van der Waals surface area (Å²) in [5.41, 5.74) is 1.62. The highest BCUT2D eigenvalue weighted by atomic mass is 16.5. The molecule has 0 saturated heterocycles. The molecule has 2 aromatic rings. The molecular weight excluding hydrogens is 390 g/mol. The quantitative estimate of drug-likeness (QED) is 0.572. The molecule has 0 aromatic heterocycles. The third-order valence-electron chi connectivity index (χ3n) is 3.75. The number of rotatable bonds is 8. The van der Waals surface area contributed by atoms with Crippen LogP contribution in [-0.2, 0) is 20.8 Å². The third kappa shape index (κ3) is 8.01. The van der Waals surface area contributed by atoms with Crippen molar-refractivity contribution in [3.05, 3.63) is 65.7 Å². The van der Waals surface area contributed by atoms with Gasteiger partial charge in [-0.3, -0.25) is 15.4 Å². The van der Waals surface area contributed by atoms with Crippen LogP contribution in [0.15, 0.2) is 54.6 Å². The average molecular weight is 413 g/mol. The maximum absolute atomic E-state index is 12.0. The van der Waals surface area contributed by atoms with Crippen LogP contribution in [0.4, 0.5) is 15.3 Å². The Labute approximate surface area is 173 Å². The van der Waals surface area contributed by atoms with Crippen molar-refractivity contribution in [2.45, 2.75) is 19.9 Å². The first kappa shape index (κ1) is 22.4. The molecule has 0 unspecified atom stereocenters. The molecule has 9 heteroatoms. The maximum Gasteiger partial charge on any atom is 0.411 e. The molecule has 0 aliphatic rings. The number of carbonyl (C=O) groups excluding carboxylic acids is 4. The van der Waals surface area contributed by atoms with Crippen LogP contribution in [0.2, 0.25) is 0 Å². The van der Waals surface area contributed by atoms with Gasteiger partial charge in [0.25, 0.3) is 0 Å². The molecule has 2 rings (SSSR count). The van der Waals surface area contributed by atoms with Gasteiger partial charge in [-0.05, 0) is 36.8 Å². The van der Waals surface area contributed by atoms with E-state index in [0.717, 1.165) is 5.56 Å². The van der Waals surface area contributed by atoms with Crippen LogP contribution in [0.5, 0.6) is 0 Å². The zero-order valence-electron chi connectivity index (χ0n) is 16.5. The molecule has 0 aliphatic heterocycles. The predicted octanol–water partition coefficient (Wildman–Crippen LogP) is 2.83. The van der Waals surface area contributed by atoms with E-state index in [-0.39, 0.29) is 31.7 Å². The number of nitrogens with one attached hydrogen (secondary N) is 3. The Kier molecular flexibility index (Phi) is 8.85. The van der Waals surface area contributed by atoms with Crippen molar-refractivity contribution in [2.75, 3.05) is 18.5 Å². The molecule has 0 spiro atoms. The fourth-order valence-corrected chi connectivity index (χ4v) is 2.31. The van der Waals surface area contributed by atoms with Crippen molar-refractivity contribution in [1.29, 1.82) is 0 Å². The van der Waals surface area contributed by atoms with Gasteiger partial charge in [-0.2, -0.15) is 0 Å². The molecule has 0 aliphatic carbocycles. The molecule has 30 heavy (non-hydrogen) atoms. The smallest absolute Gasteiger partial charge is 0.411 e. The van der Waals surface area contributed by atoms with Gasteiger partial charge in [-0.15, -0.1) is 0 Å². The number of amides is 4. The summed E-state index contributed by atoms with van der Waals surface area (Å²) in [5.74, 6) is -1.19. The van der Waals surface area contributed by atoms with E-state index < -0.39 is 24.0 Å². The zero-order chi connectivity index (χ0) is 21.8. The zero-order valence-corrected chi connectivity index (χ0v) is 16.5. The topological polar surface area (TPSA) is 123 Å². The minimum absolute atomic E-state index is 0.160. The Balaban J connectivity index is 1.67. The van der Waals surface area contributed by atoms with Crippen molar-refractivity contribution in [3.8, 4) is 0 Å². The highest BCUT2D eigenvalue weighted by molar-refractivity contribution is 5.94. The maximum atomic E-state index is 12.0. The first-order valence-electron chi connectivity index (χ1n) is 9.30. The van der Waals surface area contributed by atoms with Gasteiger partial charge in [-0.25, -0.2) is 14.4 Å². The Morgan fingerprint density at radius 2 is 1.60 bits per heavy atom. The Bertz CT molecular complexity index is 868. The Morgan fingerprint density at radius 1 is 0.900 bits per heavy atom. The van der Waals surface area contributed by atoms with Crippen LogP contribution < -0.4 is 16.0 Å². The van der Waals surface area contributed by atoms with Gasteiger partial charge in [-0.1, -0.05) is 30.3 Å². The van der Waals surface area contributed by atoms with Crippen LogP contribution >= 0.6 is 0 Å². The number of imide groups is 1. The first-order chi connectivity index (χ1) is 14.5. The van der Waals surface area contributed by atoms with Crippen molar-refractivity contribution in [2.24, 2.45) is 0 Å². The largest absolute Gasteiger partial charge is 0.462 e. The second kappa shape index (κ2) is 11.8. The van der Waals surface area contributed by atoms with Crippen molar-refractivity contribution < 1.29 is 28.7 Å². The first-order valence-corrected chi connectivity index (χ1v) is 9.30. The molecule has 3 N–H and O–H groups in total. The molecule has 0 radical (unpaired) electrons. The van der Waals surface area contributed by atoms with Gasteiger partial charge in [0.2, 0.25) is 5.91 Å². The van der Waals surface area contributed by atoms with E-state index in [1.165, 1.54) is 24.3 Å². The number of hydrogen-bond acceptors (Lipinski definition) is 6. The summed E-state index contributed by atoms with van der Waals surface area (Å²) in [6.07, 6.45) is -0.751. The van der Waals surface area contributed by atoms with Gasteiger partial charge >= 0.3 is 18.1 Å². The van der Waals surface area contributed by atoms with E-state index in [2.05, 4.69) is 16.0 Å². The lowest BCUT2D eigenvalue weighted by Gasteiger charge is -2.08. The third-order valence-corrected chi connectivity index (χ3v) is 3.75. The normalized spacial score (nSPS) is 9.90. The summed E-state index contributed by atoms with van der Waals surface area (Å²) < 4.78 is 9.78. The summed E-state index contributed by atoms with van der Waals surface area (Å²) in [6.45, 7) is 2.05. The van der Waals surface area contributed by atoms with Crippen LogP contribution in [0.1, 0.15) is 29.3 Å². The van der Waals surface area contributed by atoms with Crippen LogP contribution in [0.3, 0.4) is 0 Å². The lowest BCUT2D eigenvalue weighted by molar-refractivity contribution is -0.120. The molecule has 2 aromatic carbocycles. The van der Waals surface area contributed by atoms with Gasteiger partial charge in [0.1, 0.15) is 6.61 Å². The number of carbonyl (C=O) groups is 4. The number of ether oxygens (including phenoxy) is 2. The summed E-state index contributed by atoms with van der Waals surface area (Å²) >= 11 is 0. The number of anilines is 1. The molecule has 0 atom stereocenters. The fraction of sp³-hybridized carbons (Fsp3) is 0.238. The van der Waals surface area contributed by atoms with Gasteiger partial charge in [0.15, 0.2) is 0 Å². The van der Waals surface area contributed by atoms with Crippen molar-refractivity contribution in [3.63, 3.8) is 0 Å². The standard InChI is InChI=1S/C21H23N3O6/c1-2-29-21(28)23-17-10-8-16(9-11-17)19(26)30-13-12-18(25)24-20(27)22-14-15-6-4-3-5-7-15/h3-11H,2,12-14H2,1H3,(H,23,28)(H2,22,24,25,27). The second-order valence-corrected chi connectivity index (χ2v) is 6.03. The molecule has 9 nitrogen and oxygen atoms in total. The van der Waals surface area contributed by atoms with E-state index in [0.29, 0.717) is 5.69 Å². The van der Waals surface area contributed by atoms with E-state index in [1.54, 1.807) is 6.92 Å².